The van der Waals surface area contributed by atoms with E-state index in [2.05, 4.69) is 36.5 Å². The number of aromatic nitrogens is 3. The third kappa shape index (κ3) is 3.99. The molecule has 1 aromatic heterocycles. The quantitative estimate of drug-likeness (QED) is 0.686. The van der Waals surface area contributed by atoms with Crippen molar-refractivity contribution in [2.75, 3.05) is 0 Å². The first-order chi connectivity index (χ1) is 9.15. The van der Waals surface area contributed by atoms with E-state index in [4.69, 9.17) is 0 Å². The Morgan fingerprint density at radius 3 is 2.79 bits per heavy atom. The van der Waals surface area contributed by atoms with Gasteiger partial charge in [-0.15, -0.1) is 0 Å². The van der Waals surface area contributed by atoms with E-state index >= 15 is 0 Å². The van der Waals surface area contributed by atoms with Crippen LogP contribution in [0.4, 0.5) is 0 Å². The summed E-state index contributed by atoms with van der Waals surface area (Å²) in [7, 11) is 0. The van der Waals surface area contributed by atoms with Gasteiger partial charge in [0.05, 0.1) is 5.71 Å². The molecule has 0 unspecified atom stereocenters. The fourth-order valence-electron chi connectivity index (χ4n) is 1.40. The first-order valence-corrected chi connectivity index (χ1v) is 6.36. The van der Waals surface area contributed by atoms with Crippen molar-refractivity contribution >= 4 is 27.5 Å². The third-order valence-corrected chi connectivity index (χ3v) is 2.91. The molecule has 0 radical (unpaired) electrons. The van der Waals surface area contributed by atoms with Gasteiger partial charge < -0.3 is 0 Å². The summed E-state index contributed by atoms with van der Waals surface area (Å²) in [6.07, 6.45) is 2.86. The highest BCUT2D eigenvalue weighted by molar-refractivity contribution is 9.10. The summed E-state index contributed by atoms with van der Waals surface area (Å²) >= 11 is 3.36. The fraction of sp³-hybridized carbons (Fsp3) is 0.167. The van der Waals surface area contributed by atoms with Crippen LogP contribution in [0.3, 0.4) is 0 Å². The lowest BCUT2D eigenvalue weighted by molar-refractivity contribution is -0.121. The first kappa shape index (κ1) is 13.4. The summed E-state index contributed by atoms with van der Waals surface area (Å²) in [6, 6.07) is 7.69. The number of nitrogens with one attached hydrogen (secondary N) is 1. The molecule has 2 aromatic rings. The minimum atomic E-state index is -0.248. The number of amides is 1. The summed E-state index contributed by atoms with van der Waals surface area (Å²) in [4.78, 5) is 15.3. The van der Waals surface area contributed by atoms with Crippen LogP contribution in [0, 0.1) is 0 Å². The Bertz CT molecular complexity index is 577. The van der Waals surface area contributed by atoms with Crippen LogP contribution in [0.15, 0.2) is 46.5 Å². The molecular formula is C12H12BrN5O. The van der Waals surface area contributed by atoms with E-state index in [1.165, 1.54) is 17.3 Å². The van der Waals surface area contributed by atoms with Crippen LogP contribution in [0.2, 0.25) is 0 Å². The Morgan fingerprint density at radius 2 is 2.16 bits per heavy atom. The molecule has 1 aromatic carbocycles. The lowest BCUT2D eigenvalue weighted by atomic mass is 10.1. The normalized spacial score (nSPS) is 11.4. The van der Waals surface area contributed by atoms with Gasteiger partial charge >= 0.3 is 0 Å². The number of hydrazone groups is 1. The van der Waals surface area contributed by atoms with Crippen molar-refractivity contribution in [1.82, 2.24) is 20.2 Å². The lowest BCUT2D eigenvalue weighted by Crippen LogP contribution is -2.24. The Kier molecular flexibility index (Phi) is 4.40. The number of carbonyl (C=O) groups is 1. The molecule has 6 nitrogen and oxygen atoms in total. The maximum atomic E-state index is 11.6. The van der Waals surface area contributed by atoms with Crippen molar-refractivity contribution in [2.24, 2.45) is 5.10 Å². The molecule has 0 spiro atoms. The van der Waals surface area contributed by atoms with Crippen molar-refractivity contribution in [3.63, 3.8) is 0 Å². The molecule has 0 saturated heterocycles. The predicted molar refractivity (Wildman–Crippen MR) is 74.5 cm³/mol. The first-order valence-electron chi connectivity index (χ1n) is 5.56. The topological polar surface area (TPSA) is 72.2 Å². The van der Waals surface area contributed by atoms with Crippen molar-refractivity contribution in [3.05, 3.63) is 47.0 Å². The zero-order valence-corrected chi connectivity index (χ0v) is 11.8. The van der Waals surface area contributed by atoms with Gasteiger partial charge in [-0.2, -0.15) is 10.2 Å². The summed E-state index contributed by atoms with van der Waals surface area (Å²) in [6.45, 7) is 1.93. The number of nitrogens with zero attached hydrogens (tertiary/aromatic N) is 4. The molecule has 7 heteroatoms. The van der Waals surface area contributed by atoms with Gasteiger partial charge in [-0.05, 0) is 24.6 Å². The van der Waals surface area contributed by atoms with Gasteiger partial charge in [0.15, 0.2) is 0 Å². The predicted octanol–water partition coefficient (Wildman–Crippen LogP) is 1.58. The van der Waals surface area contributed by atoms with Gasteiger partial charge in [0.2, 0.25) is 0 Å². The average molecular weight is 322 g/mol. The van der Waals surface area contributed by atoms with Crippen molar-refractivity contribution < 1.29 is 4.79 Å². The smallest absolute Gasteiger partial charge is 0.261 e. The average Bonchev–Trinajstić information content (AvgIpc) is 2.89. The zero-order valence-electron chi connectivity index (χ0n) is 10.2. The largest absolute Gasteiger partial charge is 0.271 e. The third-order valence-electron chi connectivity index (χ3n) is 2.38. The molecule has 0 aliphatic rings. The molecule has 1 N–H and O–H groups in total. The number of hydrogen-bond acceptors (Lipinski definition) is 4. The Morgan fingerprint density at radius 1 is 1.42 bits per heavy atom. The highest BCUT2D eigenvalue weighted by Crippen LogP contribution is 2.10. The van der Waals surface area contributed by atoms with Gasteiger partial charge in [0.25, 0.3) is 5.91 Å². The summed E-state index contributed by atoms with van der Waals surface area (Å²) in [5.74, 6) is -0.248. The SMILES string of the molecule is CC(=NNC(=O)Cn1cncn1)c1ccc(Br)cc1. The van der Waals surface area contributed by atoms with E-state index in [0.29, 0.717) is 0 Å². The molecule has 0 aliphatic heterocycles. The van der Waals surface area contributed by atoms with E-state index in [-0.39, 0.29) is 12.5 Å². The van der Waals surface area contributed by atoms with Crippen LogP contribution < -0.4 is 5.43 Å². The molecule has 0 atom stereocenters. The summed E-state index contributed by atoms with van der Waals surface area (Å²) in [5.41, 5.74) is 4.17. The molecule has 19 heavy (non-hydrogen) atoms. The number of hydrogen-bond donors (Lipinski definition) is 1. The van der Waals surface area contributed by atoms with E-state index in [1.807, 2.05) is 31.2 Å². The number of halogens is 1. The maximum Gasteiger partial charge on any atom is 0.261 e. The second kappa shape index (κ2) is 6.24. The lowest BCUT2D eigenvalue weighted by Gasteiger charge is -2.03. The molecule has 0 fully saturated rings. The number of benzene rings is 1. The van der Waals surface area contributed by atoms with Crippen LogP contribution in [0.25, 0.3) is 0 Å². The van der Waals surface area contributed by atoms with Gasteiger partial charge in [0.1, 0.15) is 19.2 Å². The van der Waals surface area contributed by atoms with Gasteiger partial charge in [-0.1, -0.05) is 28.1 Å². The van der Waals surface area contributed by atoms with Gasteiger partial charge in [-0.3, -0.25) is 4.79 Å². The fourth-order valence-corrected chi connectivity index (χ4v) is 1.66. The van der Waals surface area contributed by atoms with E-state index < -0.39 is 0 Å². The van der Waals surface area contributed by atoms with Crippen molar-refractivity contribution in [3.8, 4) is 0 Å². The van der Waals surface area contributed by atoms with Crippen LogP contribution in [0.1, 0.15) is 12.5 Å². The highest BCUT2D eigenvalue weighted by Gasteiger charge is 2.02. The van der Waals surface area contributed by atoms with Crippen molar-refractivity contribution in [1.29, 1.82) is 0 Å². The standard InChI is InChI=1S/C12H12BrN5O/c1-9(10-2-4-11(13)5-3-10)16-17-12(19)6-18-8-14-7-15-18/h2-5,7-8H,6H2,1H3,(H,17,19). The summed E-state index contributed by atoms with van der Waals surface area (Å²) < 4.78 is 2.43. The van der Waals surface area contributed by atoms with Crippen LogP contribution in [-0.2, 0) is 11.3 Å². The maximum absolute atomic E-state index is 11.6. The molecular weight excluding hydrogens is 310 g/mol. The van der Waals surface area contributed by atoms with E-state index in [1.54, 1.807) is 0 Å². The number of rotatable bonds is 4. The second-order valence-corrected chi connectivity index (χ2v) is 4.75. The Labute approximate surface area is 118 Å². The van der Waals surface area contributed by atoms with Gasteiger partial charge in [-0.25, -0.2) is 15.1 Å². The van der Waals surface area contributed by atoms with E-state index in [0.717, 1.165) is 15.7 Å². The van der Waals surface area contributed by atoms with Crippen LogP contribution in [0.5, 0.6) is 0 Å². The number of carbonyl (C=O) groups excluding carboxylic acids is 1. The minimum absolute atomic E-state index is 0.0944. The molecule has 1 heterocycles. The molecule has 0 bridgehead atoms. The Balaban J connectivity index is 1.94. The molecule has 98 valence electrons. The van der Waals surface area contributed by atoms with Gasteiger partial charge in [0, 0.05) is 4.47 Å². The minimum Gasteiger partial charge on any atom is -0.271 e. The zero-order chi connectivity index (χ0) is 13.7. The Hall–Kier alpha value is -2.02. The van der Waals surface area contributed by atoms with Crippen molar-refractivity contribution in [2.45, 2.75) is 13.5 Å². The molecule has 2 rings (SSSR count). The monoisotopic (exact) mass is 321 g/mol. The highest BCUT2D eigenvalue weighted by atomic mass is 79.9. The second-order valence-electron chi connectivity index (χ2n) is 3.83. The van der Waals surface area contributed by atoms with Crippen LogP contribution in [-0.4, -0.2) is 26.4 Å². The molecule has 0 saturated carbocycles. The molecule has 1 amide bonds. The van der Waals surface area contributed by atoms with E-state index in [9.17, 15) is 4.79 Å². The van der Waals surface area contributed by atoms with Crippen LogP contribution >= 0.6 is 15.9 Å². The summed E-state index contributed by atoms with van der Waals surface area (Å²) in [5, 5.41) is 7.89. The molecule has 0 aliphatic carbocycles.